The third-order valence-electron chi connectivity index (χ3n) is 3.31. The van der Waals surface area contributed by atoms with E-state index in [4.69, 9.17) is 0 Å². The van der Waals surface area contributed by atoms with Gasteiger partial charge in [-0.25, -0.2) is 4.39 Å². The Balaban J connectivity index is 2.72. The van der Waals surface area contributed by atoms with Crippen molar-refractivity contribution in [3.63, 3.8) is 0 Å². The molecule has 0 aliphatic heterocycles. The van der Waals surface area contributed by atoms with Gasteiger partial charge >= 0.3 is 0 Å². The standard InChI is InChI=1S/C16H18FNO/c1-4-13-14(10(2)3)8-12(17)9-15(13)11-5-6-18-16(19)7-11/h5-10H,4H2,1-3H3,(H,18,19). The fraction of sp³-hybridized carbons (Fsp3) is 0.312. The van der Waals surface area contributed by atoms with Crippen LogP contribution in [0.2, 0.25) is 0 Å². The fourth-order valence-corrected chi connectivity index (χ4v) is 2.44. The lowest BCUT2D eigenvalue weighted by atomic mass is 9.89. The highest BCUT2D eigenvalue weighted by Crippen LogP contribution is 2.31. The van der Waals surface area contributed by atoms with Crippen LogP contribution in [0.25, 0.3) is 11.1 Å². The maximum atomic E-state index is 13.8. The second-order valence-electron chi connectivity index (χ2n) is 4.97. The summed E-state index contributed by atoms with van der Waals surface area (Å²) in [5, 5.41) is 0. The Morgan fingerprint density at radius 3 is 2.58 bits per heavy atom. The molecule has 0 unspecified atom stereocenters. The second-order valence-corrected chi connectivity index (χ2v) is 4.97. The molecule has 1 aromatic carbocycles. The van der Waals surface area contributed by atoms with Crippen LogP contribution in [0.4, 0.5) is 4.39 Å². The zero-order valence-electron chi connectivity index (χ0n) is 11.5. The van der Waals surface area contributed by atoms with Crippen LogP contribution < -0.4 is 5.56 Å². The number of halogens is 1. The normalized spacial score (nSPS) is 11.0. The molecule has 1 heterocycles. The Labute approximate surface area is 112 Å². The van der Waals surface area contributed by atoms with Gasteiger partial charge in [-0.1, -0.05) is 20.8 Å². The number of aromatic amines is 1. The van der Waals surface area contributed by atoms with E-state index in [0.717, 1.165) is 28.7 Å². The second kappa shape index (κ2) is 5.39. The molecule has 19 heavy (non-hydrogen) atoms. The summed E-state index contributed by atoms with van der Waals surface area (Å²) in [5.74, 6) is 0.00239. The van der Waals surface area contributed by atoms with Crippen LogP contribution in [-0.2, 0) is 6.42 Å². The number of rotatable bonds is 3. The third-order valence-corrected chi connectivity index (χ3v) is 3.31. The predicted molar refractivity (Wildman–Crippen MR) is 75.9 cm³/mol. The fourth-order valence-electron chi connectivity index (χ4n) is 2.44. The summed E-state index contributed by atoms with van der Waals surface area (Å²) in [4.78, 5) is 14.0. The van der Waals surface area contributed by atoms with Crippen LogP contribution >= 0.6 is 0 Å². The van der Waals surface area contributed by atoms with Gasteiger partial charge < -0.3 is 4.98 Å². The summed E-state index contributed by atoms with van der Waals surface area (Å²) < 4.78 is 13.8. The van der Waals surface area contributed by atoms with E-state index < -0.39 is 0 Å². The minimum Gasteiger partial charge on any atom is -0.329 e. The molecule has 0 amide bonds. The number of benzene rings is 1. The first-order valence-corrected chi connectivity index (χ1v) is 6.54. The zero-order valence-corrected chi connectivity index (χ0v) is 11.5. The molecule has 100 valence electrons. The van der Waals surface area contributed by atoms with Crippen LogP contribution in [0, 0.1) is 5.82 Å². The zero-order chi connectivity index (χ0) is 14.0. The molecule has 0 saturated carbocycles. The summed E-state index contributed by atoms with van der Waals surface area (Å²) in [6.45, 7) is 6.15. The Hall–Kier alpha value is -1.90. The maximum Gasteiger partial charge on any atom is 0.248 e. The topological polar surface area (TPSA) is 32.9 Å². The monoisotopic (exact) mass is 259 g/mol. The number of pyridine rings is 1. The molecule has 3 heteroatoms. The number of H-pyrrole nitrogens is 1. The third kappa shape index (κ3) is 2.75. The van der Waals surface area contributed by atoms with Crippen molar-refractivity contribution in [1.29, 1.82) is 0 Å². The molecule has 0 saturated heterocycles. The van der Waals surface area contributed by atoms with E-state index >= 15 is 0 Å². The van der Waals surface area contributed by atoms with Crippen molar-refractivity contribution < 1.29 is 4.39 Å². The van der Waals surface area contributed by atoms with Crippen molar-refractivity contribution in [1.82, 2.24) is 4.98 Å². The number of hydrogen-bond donors (Lipinski definition) is 1. The van der Waals surface area contributed by atoms with Crippen molar-refractivity contribution >= 4 is 0 Å². The van der Waals surface area contributed by atoms with Crippen molar-refractivity contribution in [3.8, 4) is 11.1 Å². The Morgan fingerprint density at radius 1 is 1.26 bits per heavy atom. The Kier molecular flexibility index (Phi) is 3.84. The lowest BCUT2D eigenvalue weighted by Crippen LogP contribution is -2.05. The molecule has 0 fully saturated rings. The molecule has 1 aromatic heterocycles. The smallest absolute Gasteiger partial charge is 0.248 e. The molecular formula is C16H18FNO. The van der Waals surface area contributed by atoms with E-state index in [-0.39, 0.29) is 17.3 Å². The van der Waals surface area contributed by atoms with Gasteiger partial charge in [-0.2, -0.15) is 0 Å². The predicted octanol–water partition coefficient (Wildman–Crippen LogP) is 3.87. The Morgan fingerprint density at radius 2 is 2.00 bits per heavy atom. The minimum atomic E-state index is -0.254. The van der Waals surface area contributed by atoms with Crippen molar-refractivity contribution in [2.45, 2.75) is 33.1 Å². The number of aromatic nitrogens is 1. The van der Waals surface area contributed by atoms with Crippen molar-refractivity contribution in [2.24, 2.45) is 0 Å². The molecule has 0 radical (unpaired) electrons. The van der Waals surface area contributed by atoms with Gasteiger partial charge in [0.15, 0.2) is 0 Å². The highest BCUT2D eigenvalue weighted by atomic mass is 19.1. The Bertz CT molecular complexity index is 643. The van der Waals surface area contributed by atoms with E-state index in [1.54, 1.807) is 18.3 Å². The molecule has 0 aliphatic carbocycles. The van der Waals surface area contributed by atoms with Gasteiger partial charge in [0.05, 0.1) is 0 Å². The van der Waals surface area contributed by atoms with Crippen molar-refractivity contribution in [2.75, 3.05) is 0 Å². The first-order valence-electron chi connectivity index (χ1n) is 6.54. The molecule has 2 nitrogen and oxygen atoms in total. The lowest BCUT2D eigenvalue weighted by Gasteiger charge is -2.16. The quantitative estimate of drug-likeness (QED) is 0.891. The summed E-state index contributed by atoms with van der Waals surface area (Å²) in [5.41, 5.74) is 3.54. The van der Waals surface area contributed by atoms with E-state index in [9.17, 15) is 9.18 Å². The average molecular weight is 259 g/mol. The van der Waals surface area contributed by atoms with Crippen LogP contribution in [0.1, 0.15) is 37.8 Å². The van der Waals surface area contributed by atoms with Crippen LogP contribution in [0.15, 0.2) is 35.3 Å². The lowest BCUT2D eigenvalue weighted by molar-refractivity contribution is 0.622. The van der Waals surface area contributed by atoms with Gasteiger partial charge in [0.1, 0.15) is 5.82 Å². The highest BCUT2D eigenvalue weighted by Gasteiger charge is 2.14. The van der Waals surface area contributed by atoms with E-state index in [1.165, 1.54) is 12.1 Å². The minimum absolute atomic E-state index is 0.171. The molecular weight excluding hydrogens is 241 g/mol. The molecule has 2 aromatic rings. The van der Waals surface area contributed by atoms with Crippen LogP contribution in [0.3, 0.4) is 0 Å². The molecule has 2 rings (SSSR count). The van der Waals surface area contributed by atoms with Crippen LogP contribution in [-0.4, -0.2) is 4.98 Å². The van der Waals surface area contributed by atoms with Gasteiger partial charge in [-0.3, -0.25) is 4.79 Å². The van der Waals surface area contributed by atoms with Gasteiger partial charge in [-0.05, 0) is 52.8 Å². The number of hydrogen-bond acceptors (Lipinski definition) is 1. The average Bonchev–Trinajstić information content (AvgIpc) is 2.37. The molecule has 0 atom stereocenters. The molecule has 0 spiro atoms. The maximum absolute atomic E-state index is 13.8. The summed E-state index contributed by atoms with van der Waals surface area (Å²) in [6.07, 6.45) is 2.41. The first kappa shape index (κ1) is 13.5. The van der Waals surface area contributed by atoms with E-state index in [1.807, 2.05) is 0 Å². The van der Waals surface area contributed by atoms with Gasteiger partial charge in [0.2, 0.25) is 5.56 Å². The summed E-state index contributed by atoms with van der Waals surface area (Å²) in [6, 6.07) is 6.43. The largest absolute Gasteiger partial charge is 0.329 e. The van der Waals surface area contributed by atoms with E-state index in [2.05, 4.69) is 25.8 Å². The van der Waals surface area contributed by atoms with Crippen molar-refractivity contribution in [3.05, 3.63) is 57.8 Å². The van der Waals surface area contributed by atoms with Gasteiger partial charge in [0.25, 0.3) is 0 Å². The summed E-state index contributed by atoms with van der Waals surface area (Å²) in [7, 11) is 0. The molecule has 0 bridgehead atoms. The highest BCUT2D eigenvalue weighted by molar-refractivity contribution is 5.68. The summed E-state index contributed by atoms with van der Waals surface area (Å²) >= 11 is 0. The van der Waals surface area contributed by atoms with E-state index in [0.29, 0.717) is 0 Å². The SMILES string of the molecule is CCc1c(-c2cc[nH]c(=O)c2)cc(F)cc1C(C)C. The molecule has 1 N–H and O–H groups in total. The van der Waals surface area contributed by atoms with Gasteiger partial charge in [0, 0.05) is 12.3 Å². The van der Waals surface area contributed by atoms with Gasteiger partial charge in [-0.15, -0.1) is 0 Å². The van der Waals surface area contributed by atoms with Crippen LogP contribution in [0.5, 0.6) is 0 Å². The molecule has 0 aliphatic rings. The number of nitrogens with one attached hydrogen (secondary N) is 1. The first-order chi connectivity index (χ1) is 9.02.